The molecule has 1 atom stereocenters. The van der Waals surface area contributed by atoms with Crippen LogP contribution in [0.4, 0.5) is 4.79 Å². The molecule has 0 radical (unpaired) electrons. The van der Waals surface area contributed by atoms with Gasteiger partial charge in [0.25, 0.3) is 0 Å². The van der Waals surface area contributed by atoms with Gasteiger partial charge in [0.1, 0.15) is 5.60 Å². The van der Waals surface area contributed by atoms with Gasteiger partial charge in [-0.1, -0.05) is 42.1 Å². The molecule has 4 nitrogen and oxygen atoms in total. The highest BCUT2D eigenvalue weighted by atomic mass is 32.2. The molecule has 0 aliphatic heterocycles. The Morgan fingerprint density at radius 2 is 1.86 bits per heavy atom. The van der Waals surface area contributed by atoms with E-state index in [1.54, 1.807) is 0 Å². The summed E-state index contributed by atoms with van der Waals surface area (Å²) in [6.45, 7) is 7.39. The van der Waals surface area contributed by atoms with Crippen LogP contribution in [-0.2, 0) is 16.0 Å². The minimum absolute atomic E-state index is 0.00239. The zero-order valence-corrected chi connectivity index (χ0v) is 13.8. The Balaban J connectivity index is 2.54. The Kier molecular flexibility index (Phi) is 6.75. The summed E-state index contributed by atoms with van der Waals surface area (Å²) >= 11 is 1.25. The van der Waals surface area contributed by atoms with Crippen LogP contribution in [0.25, 0.3) is 0 Å². The molecule has 1 aromatic rings. The van der Waals surface area contributed by atoms with Gasteiger partial charge in [-0.2, -0.15) is 0 Å². The molecular weight excluding hydrogens is 286 g/mol. The summed E-state index contributed by atoms with van der Waals surface area (Å²) in [6, 6.07) is 9.91. The van der Waals surface area contributed by atoms with Gasteiger partial charge in [0, 0.05) is 18.7 Å². The van der Waals surface area contributed by atoms with Crippen molar-refractivity contribution in [3.63, 3.8) is 0 Å². The maximum atomic E-state index is 11.7. The Bertz CT molecular complexity index is 468. The summed E-state index contributed by atoms with van der Waals surface area (Å²) < 4.78 is 5.20. The Labute approximate surface area is 130 Å². The molecule has 0 spiro atoms. The quantitative estimate of drug-likeness (QED) is 0.905. The Morgan fingerprint density at radius 1 is 1.24 bits per heavy atom. The molecule has 1 rings (SSSR count). The molecule has 0 heterocycles. The third-order valence-corrected chi connectivity index (χ3v) is 3.51. The van der Waals surface area contributed by atoms with Gasteiger partial charge in [0.15, 0.2) is 5.12 Å². The van der Waals surface area contributed by atoms with Gasteiger partial charge >= 0.3 is 6.09 Å². The van der Waals surface area contributed by atoms with E-state index in [0.29, 0.717) is 6.54 Å². The number of hydrogen-bond donors (Lipinski definition) is 1. The number of rotatable bonds is 5. The van der Waals surface area contributed by atoms with Crippen LogP contribution >= 0.6 is 11.8 Å². The van der Waals surface area contributed by atoms with Gasteiger partial charge in [0.2, 0.25) is 0 Å². The van der Waals surface area contributed by atoms with Crippen LogP contribution < -0.4 is 5.32 Å². The molecule has 116 valence electrons. The zero-order valence-electron chi connectivity index (χ0n) is 13.0. The maximum absolute atomic E-state index is 11.7. The van der Waals surface area contributed by atoms with Gasteiger partial charge in [-0.05, 0) is 32.8 Å². The molecular formula is C16H23NO3S. The monoisotopic (exact) mass is 309 g/mol. The lowest BCUT2D eigenvalue weighted by Crippen LogP contribution is -2.36. The van der Waals surface area contributed by atoms with E-state index in [9.17, 15) is 9.59 Å². The van der Waals surface area contributed by atoms with Crippen LogP contribution in [0.5, 0.6) is 0 Å². The zero-order chi connectivity index (χ0) is 15.9. The van der Waals surface area contributed by atoms with E-state index in [1.807, 2.05) is 51.1 Å². The molecule has 0 aromatic heterocycles. The van der Waals surface area contributed by atoms with Crippen molar-refractivity contribution in [2.24, 2.45) is 0 Å². The summed E-state index contributed by atoms with van der Waals surface area (Å²) in [6.07, 6.45) is 0.269. The lowest BCUT2D eigenvalue weighted by Gasteiger charge is -2.21. The van der Waals surface area contributed by atoms with Crippen molar-refractivity contribution >= 4 is 23.0 Å². The highest BCUT2D eigenvalue weighted by Crippen LogP contribution is 2.17. The molecule has 0 saturated heterocycles. The first-order valence-electron chi connectivity index (χ1n) is 6.94. The maximum Gasteiger partial charge on any atom is 0.407 e. The van der Waals surface area contributed by atoms with Gasteiger partial charge in [-0.3, -0.25) is 4.79 Å². The van der Waals surface area contributed by atoms with E-state index in [0.717, 1.165) is 12.0 Å². The molecule has 1 amide bonds. The third kappa shape index (κ3) is 8.40. The Morgan fingerprint density at radius 3 is 2.38 bits per heavy atom. The number of hydrogen-bond acceptors (Lipinski definition) is 4. The molecule has 0 saturated carbocycles. The number of carbonyl (C=O) groups is 2. The van der Waals surface area contributed by atoms with Crippen molar-refractivity contribution < 1.29 is 14.3 Å². The fraction of sp³-hybridized carbons (Fsp3) is 0.500. The van der Waals surface area contributed by atoms with Crippen molar-refractivity contribution in [1.29, 1.82) is 0 Å². The number of alkyl carbamates (subject to hydrolysis) is 1. The largest absolute Gasteiger partial charge is 0.444 e. The smallest absolute Gasteiger partial charge is 0.407 e. The number of thioether (sulfide) groups is 1. The van der Waals surface area contributed by atoms with Crippen molar-refractivity contribution in [3.8, 4) is 0 Å². The first-order chi connectivity index (χ1) is 9.76. The molecule has 1 unspecified atom stereocenters. The van der Waals surface area contributed by atoms with Crippen molar-refractivity contribution in [2.45, 2.75) is 45.0 Å². The van der Waals surface area contributed by atoms with E-state index < -0.39 is 11.7 Å². The summed E-state index contributed by atoms with van der Waals surface area (Å²) in [5.41, 5.74) is 0.620. The van der Waals surface area contributed by atoms with Gasteiger partial charge < -0.3 is 10.1 Å². The second-order valence-electron chi connectivity index (χ2n) is 5.80. The normalized spacial score (nSPS) is 12.6. The van der Waals surface area contributed by atoms with Gasteiger partial charge in [-0.25, -0.2) is 4.79 Å². The van der Waals surface area contributed by atoms with Crippen LogP contribution in [0, 0.1) is 0 Å². The summed E-state index contributed by atoms with van der Waals surface area (Å²) in [5.74, 6) is 0. The van der Waals surface area contributed by atoms with Gasteiger partial charge in [0.05, 0.1) is 0 Å². The number of amides is 1. The van der Waals surface area contributed by atoms with E-state index in [4.69, 9.17) is 4.74 Å². The molecule has 1 aromatic carbocycles. The SMILES string of the molecule is CC(=O)SC(CNC(=O)OC(C)(C)C)Cc1ccccc1. The second kappa shape index (κ2) is 8.08. The van der Waals surface area contributed by atoms with E-state index in [1.165, 1.54) is 18.7 Å². The first-order valence-corrected chi connectivity index (χ1v) is 7.82. The van der Waals surface area contributed by atoms with Crippen LogP contribution in [0.3, 0.4) is 0 Å². The van der Waals surface area contributed by atoms with Gasteiger partial charge in [-0.15, -0.1) is 0 Å². The molecule has 1 N–H and O–H groups in total. The van der Waals surface area contributed by atoms with E-state index >= 15 is 0 Å². The standard InChI is InChI=1S/C16H23NO3S/c1-12(18)21-14(10-13-8-6-5-7-9-13)11-17-15(19)20-16(2,3)4/h5-9,14H,10-11H2,1-4H3,(H,17,19). The molecule has 0 bridgehead atoms. The number of carbonyl (C=O) groups excluding carboxylic acids is 2. The average Bonchev–Trinajstić information content (AvgIpc) is 2.34. The van der Waals surface area contributed by atoms with Crippen molar-refractivity contribution in [1.82, 2.24) is 5.32 Å². The minimum atomic E-state index is -0.521. The summed E-state index contributed by atoms with van der Waals surface area (Å²) in [5, 5.41) is 2.77. The van der Waals surface area contributed by atoms with Crippen LogP contribution in [0.2, 0.25) is 0 Å². The number of nitrogens with one attached hydrogen (secondary N) is 1. The topological polar surface area (TPSA) is 55.4 Å². The highest BCUT2D eigenvalue weighted by molar-refractivity contribution is 8.14. The van der Waals surface area contributed by atoms with Crippen LogP contribution in [0.1, 0.15) is 33.3 Å². The molecule has 0 fully saturated rings. The van der Waals surface area contributed by atoms with E-state index in [-0.39, 0.29) is 10.4 Å². The fourth-order valence-corrected chi connectivity index (χ4v) is 2.69. The minimum Gasteiger partial charge on any atom is -0.444 e. The predicted molar refractivity (Wildman–Crippen MR) is 86.4 cm³/mol. The number of benzene rings is 1. The second-order valence-corrected chi connectivity index (χ2v) is 7.28. The van der Waals surface area contributed by atoms with Crippen LogP contribution in [-0.4, -0.2) is 28.6 Å². The Hall–Kier alpha value is -1.49. The average molecular weight is 309 g/mol. The fourth-order valence-electron chi connectivity index (χ4n) is 1.78. The molecule has 21 heavy (non-hydrogen) atoms. The lowest BCUT2D eigenvalue weighted by atomic mass is 10.1. The summed E-state index contributed by atoms with van der Waals surface area (Å²) in [4.78, 5) is 23.0. The summed E-state index contributed by atoms with van der Waals surface area (Å²) in [7, 11) is 0. The predicted octanol–water partition coefficient (Wildman–Crippen LogP) is 3.40. The van der Waals surface area contributed by atoms with Crippen molar-refractivity contribution in [2.75, 3.05) is 6.54 Å². The third-order valence-electron chi connectivity index (χ3n) is 2.51. The molecule has 0 aliphatic carbocycles. The molecule has 5 heteroatoms. The van der Waals surface area contributed by atoms with Crippen molar-refractivity contribution in [3.05, 3.63) is 35.9 Å². The lowest BCUT2D eigenvalue weighted by molar-refractivity contribution is -0.109. The first kappa shape index (κ1) is 17.6. The van der Waals surface area contributed by atoms with Crippen LogP contribution in [0.15, 0.2) is 30.3 Å². The van der Waals surface area contributed by atoms with E-state index in [2.05, 4.69) is 5.32 Å². The highest BCUT2D eigenvalue weighted by Gasteiger charge is 2.18. The molecule has 0 aliphatic rings. The number of ether oxygens (including phenoxy) is 1.